The normalized spacial score (nSPS) is 10.7. The van der Waals surface area contributed by atoms with E-state index in [1.807, 2.05) is 23.9 Å². The van der Waals surface area contributed by atoms with E-state index in [4.69, 9.17) is 16.7 Å². The van der Waals surface area contributed by atoms with Gasteiger partial charge < -0.3 is 9.67 Å². The number of nitrogens with zero attached hydrogens (tertiary/aromatic N) is 1. The quantitative estimate of drug-likeness (QED) is 0.784. The summed E-state index contributed by atoms with van der Waals surface area (Å²) in [5, 5.41) is 10.1. The summed E-state index contributed by atoms with van der Waals surface area (Å²) in [5.41, 5.74) is 1.01. The van der Waals surface area contributed by atoms with Gasteiger partial charge in [0.25, 0.3) is 0 Å². The van der Waals surface area contributed by atoms with Gasteiger partial charge in [0.05, 0.1) is 10.6 Å². The standard InChI is InChI=1S/C10H8ClNO2/c1-12-3-2-6-4-8(11)7(10(13)14)5-9(6)12/h2-5H,1H3,(H,13,14). The second kappa shape index (κ2) is 3.03. The number of aromatic nitrogens is 1. The highest BCUT2D eigenvalue weighted by Crippen LogP contribution is 2.24. The summed E-state index contributed by atoms with van der Waals surface area (Å²) in [6, 6.07) is 5.15. The van der Waals surface area contributed by atoms with Gasteiger partial charge in [-0.3, -0.25) is 0 Å². The average molecular weight is 210 g/mol. The SMILES string of the molecule is Cn1ccc2cc(Cl)c(C(=O)O)cc21. The number of carboxylic acid groups (broad SMARTS) is 1. The van der Waals surface area contributed by atoms with Crippen LogP contribution in [0.5, 0.6) is 0 Å². The number of hydrogen-bond donors (Lipinski definition) is 1. The van der Waals surface area contributed by atoms with Crippen LogP contribution in [0.15, 0.2) is 24.4 Å². The van der Waals surface area contributed by atoms with Crippen LogP contribution in [0, 0.1) is 0 Å². The Kier molecular flexibility index (Phi) is 1.97. The van der Waals surface area contributed by atoms with E-state index in [-0.39, 0.29) is 10.6 Å². The van der Waals surface area contributed by atoms with Crippen LogP contribution >= 0.6 is 11.6 Å². The summed E-state index contributed by atoms with van der Waals surface area (Å²) in [6.07, 6.45) is 1.87. The highest BCUT2D eigenvalue weighted by molar-refractivity contribution is 6.34. The first-order valence-corrected chi connectivity index (χ1v) is 4.45. The Morgan fingerprint density at radius 3 is 2.86 bits per heavy atom. The van der Waals surface area contributed by atoms with Crippen LogP contribution in [-0.2, 0) is 7.05 Å². The molecule has 3 nitrogen and oxygen atoms in total. The van der Waals surface area contributed by atoms with Crippen LogP contribution in [0.25, 0.3) is 10.9 Å². The number of hydrogen-bond acceptors (Lipinski definition) is 1. The molecule has 1 aromatic heterocycles. The lowest BCUT2D eigenvalue weighted by Crippen LogP contribution is -1.98. The van der Waals surface area contributed by atoms with Crippen molar-refractivity contribution in [2.45, 2.75) is 0 Å². The van der Waals surface area contributed by atoms with E-state index in [9.17, 15) is 4.79 Å². The zero-order valence-electron chi connectivity index (χ0n) is 7.49. The largest absolute Gasteiger partial charge is 0.478 e. The van der Waals surface area contributed by atoms with E-state index in [1.54, 1.807) is 12.1 Å². The Bertz CT molecular complexity index is 516. The van der Waals surface area contributed by atoms with Crippen LogP contribution in [0.3, 0.4) is 0 Å². The maximum Gasteiger partial charge on any atom is 0.337 e. The van der Waals surface area contributed by atoms with Gasteiger partial charge >= 0.3 is 5.97 Å². The summed E-state index contributed by atoms with van der Waals surface area (Å²) in [7, 11) is 1.86. The molecule has 1 aromatic carbocycles. The molecule has 0 aliphatic heterocycles. The fourth-order valence-corrected chi connectivity index (χ4v) is 1.71. The van der Waals surface area contributed by atoms with Crippen molar-refractivity contribution in [3.05, 3.63) is 35.0 Å². The molecule has 0 saturated carbocycles. The fourth-order valence-electron chi connectivity index (χ4n) is 1.45. The van der Waals surface area contributed by atoms with Crippen LogP contribution < -0.4 is 0 Å². The van der Waals surface area contributed by atoms with Crippen LogP contribution in [0.1, 0.15) is 10.4 Å². The van der Waals surface area contributed by atoms with E-state index in [0.717, 1.165) is 10.9 Å². The first-order chi connectivity index (χ1) is 6.59. The molecule has 1 heterocycles. The van der Waals surface area contributed by atoms with Gasteiger partial charge in [0, 0.05) is 24.1 Å². The van der Waals surface area contributed by atoms with Gasteiger partial charge in [-0.25, -0.2) is 4.79 Å². The van der Waals surface area contributed by atoms with E-state index in [2.05, 4.69) is 0 Å². The third-order valence-electron chi connectivity index (χ3n) is 2.20. The average Bonchev–Trinajstić information content (AvgIpc) is 2.46. The maximum absolute atomic E-state index is 10.8. The zero-order chi connectivity index (χ0) is 10.3. The monoisotopic (exact) mass is 209 g/mol. The van der Waals surface area contributed by atoms with Crippen molar-refractivity contribution in [3.8, 4) is 0 Å². The zero-order valence-corrected chi connectivity index (χ0v) is 8.25. The Balaban J connectivity index is 2.80. The van der Waals surface area contributed by atoms with Gasteiger partial charge in [-0.1, -0.05) is 11.6 Å². The third-order valence-corrected chi connectivity index (χ3v) is 2.52. The van der Waals surface area contributed by atoms with E-state index in [0.29, 0.717) is 0 Å². The number of benzene rings is 1. The minimum Gasteiger partial charge on any atom is -0.478 e. The first-order valence-electron chi connectivity index (χ1n) is 4.07. The smallest absolute Gasteiger partial charge is 0.337 e. The summed E-state index contributed by atoms with van der Waals surface area (Å²) in [5.74, 6) is -1.00. The van der Waals surface area contributed by atoms with Gasteiger partial charge in [-0.05, 0) is 18.2 Å². The molecular formula is C10H8ClNO2. The molecule has 0 radical (unpaired) electrons. The lowest BCUT2D eigenvalue weighted by Gasteiger charge is -2.01. The molecule has 1 N–H and O–H groups in total. The molecule has 0 atom stereocenters. The highest BCUT2D eigenvalue weighted by atomic mass is 35.5. The second-order valence-corrected chi connectivity index (χ2v) is 3.53. The molecule has 0 aliphatic carbocycles. The molecule has 0 spiro atoms. The molecule has 0 aliphatic rings. The summed E-state index contributed by atoms with van der Waals surface area (Å²) in [4.78, 5) is 10.8. The Hall–Kier alpha value is -1.48. The van der Waals surface area contributed by atoms with E-state index < -0.39 is 5.97 Å². The third kappa shape index (κ3) is 1.26. The predicted octanol–water partition coefficient (Wildman–Crippen LogP) is 2.53. The van der Waals surface area contributed by atoms with Crippen molar-refractivity contribution in [1.82, 2.24) is 4.57 Å². The van der Waals surface area contributed by atoms with Crippen LogP contribution in [0.2, 0.25) is 5.02 Å². The highest BCUT2D eigenvalue weighted by Gasteiger charge is 2.10. The van der Waals surface area contributed by atoms with Gasteiger partial charge in [0.2, 0.25) is 0 Å². The summed E-state index contributed by atoms with van der Waals surface area (Å²) < 4.78 is 1.86. The van der Waals surface area contributed by atoms with Gasteiger partial charge in [0.15, 0.2) is 0 Å². The molecule has 4 heteroatoms. The molecule has 2 aromatic rings. The molecule has 2 rings (SSSR count). The molecule has 72 valence electrons. The van der Waals surface area contributed by atoms with Gasteiger partial charge in [-0.2, -0.15) is 0 Å². The van der Waals surface area contributed by atoms with Crippen molar-refractivity contribution in [1.29, 1.82) is 0 Å². The molecule has 14 heavy (non-hydrogen) atoms. The Morgan fingerprint density at radius 2 is 2.21 bits per heavy atom. The predicted molar refractivity (Wildman–Crippen MR) is 54.9 cm³/mol. The summed E-state index contributed by atoms with van der Waals surface area (Å²) >= 11 is 5.82. The minimum absolute atomic E-state index is 0.140. The molecular weight excluding hydrogens is 202 g/mol. The number of carbonyl (C=O) groups is 1. The van der Waals surface area contributed by atoms with Gasteiger partial charge in [-0.15, -0.1) is 0 Å². The number of aryl methyl sites for hydroxylation is 1. The topological polar surface area (TPSA) is 42.2 Å². The summed E-state index contributed by atoms with van der Waals surface area (Å²) in [6.45, 7) is 0. The van der Waals surface area contributed by atoms with Crippen molar-refractivity contribution in [2.75, 3.05) is 0 Å². The van der Waals surface area contributed by atoms with Crippen LogP contribution in [0.4, 0.5) is 0 Å². The Morgan fingerprint density at radius 1 is 1.50 bits per heavy atom. The van der Waals surface area contributed by atoms with E-state index in [1.165, 1.54) is 0 Å². The lowest BCUT2D eigenvalue weighted by molar-refractivity contribution is 0.0697. The van der Waals surface area contributed by atoms with Crippen LogP contribution in [-0.4, -0.2) is 15.6 Å². The van der Waals surface area contributed by atoms with E-state index >= 15 is 0 Å². The van der Waals surface area contributed by atoms with Crippen molar-refractivity contribution < 1.29 is 9.90 Å². The molecule has 0 amide bonds. The molecule has 0 bridgehead atoms. The number of halogens is 1. The van der Waals surface area contributed by atoms with Crippen molar-refractivity contribution >= 4 is 28.5 Å². The molecule has 0 fully saturated rings. The number of fused-ring (bicyclic) bond motifs is 1. The number of aromatic carboxylic acids is 1. The maximum atomic E-state index is 10.8. The molecule has 0 saturated heterocycles. The Labute approximate surface area is 85.5 Å². The number of rotatable bonds is 1. The van der Waals surface area contributed by atoms with Crippen molar-refractivity contribution in [3.63, 3.8) is 0 Å². The second-order valence-electron chi connectivity index (χ2n) is 3.12. The fraction of sp³-hybridized carbons (Fsp3) is 0.100. The lowest BCUT2D eigenvalue weighted by atomic mass is 10.1. The molecule has 0 unspecified atom stereocenters. The minimum atomic E-state index is -1.00. The first kappa shape index (κ1) is 9.09. The number of carboxylic acids is 1. The van der Waals surface area contributed by atoms with Crippen molar-refractivity contribution in [2.24, 2.45) is 7.05 Å². The van der Waals surface area contributed by atoms with Gasteiger partial charge in [0.1, 0.15) is 0 Å².